The van der Waals surface area contributed by atoms with Gasteiger partial charge >= 0.3 is 0 Å². The minimum Gasteiger partial charge on any atom is -0.0837 e. The van der Waals surface area contributed by atoms with E-state index in [0.717, 1.165) is 138 Å². The van der Waals surface area contributed by atoms with Crippen molar-refractivity contribution in [3.8, 4) is 111 Å². The van der Waals surface area contributed by atoms with Gasteiger partial charge in [-0.2, -0.15) is 0 Å². The summed E-state index contributed by atoms with van der Waals surface area (Å²) >= 11 is 36.3. The van der Waals surface area contributed by atoms with Crippen molar-refractivity contribution in [3.05, 3.63) is 298 Å². The molecule has 16 aromatic carbocycles. The molecule has 0 nitrogen and oxygen atoms in total. The number of rotatable bonds is 10. The average molecular weight is 1180 g/mol. The molecule has 400 valence electrons. The normalized spacial score (nSPS) is 11.8. The first-order valence-electron chi connectivity index (χ1n) is 28.4. The van der Waals surface area contributed by atoms with Crippen molar-refractivity contribution < 1.29 is 0 Å². The second kappa shape index (κ2) is 20.7. The third kappa shape index (κ3) is 8.20. The molecule has 0 N–H and O–H groups in total. The Kier molecular flexibility index (Phi) is 12.6. The molecule has 0 aromatic heterocycles. The summed E-state index contributed by atoms with van der Waals surface area (Å²) < 4.78 is 0. The molecule has 0 saturated carbocycles. The highest BCUT2D eigenvalue weighted by Gasteiger charge is 2.32. The van der Waals surface area contributed by atoms with Gasteiger partial charge in [0, 0.05) is 52.9 Å². The van der Waals surface area contributed by atoms with Gasteiger partial charge < -0.3 is 0 Å². The zero-order valence-electron chi connectivity index (χ0n) is 45.4. The summed E-state index contributed by atoms with van der Waals surface area (Å²) in [5.74, 6) is 0. The maximum absolute atomic E-state index is 7.25. The van der Waals surface area contributed by atoms with Crippen molar-refractivity contribution in [2.75, 3.05) is 0 Å². The maximum atomic E-state index is 7.25. The van der Waals surface area contributed by atoms with Crippen LogP contribution in [0, 0.1) is 0 Å². The van der Waals surface area contributed by atoms with Crippen LogP contribution in [-0.4, -0.2) is 0 Å². The minimum atomic E-state index is 0.684. The lowest BCUT2D eigenvalue weighted by molar-refractivity contribution is 1.59. The van der Waals surface area contributed by atoms with E-state index in [1.165, 1.54) is 26.9 Å². The standard InChI is InChI=1S/C80H45Cl5/c81-71-36-16-11-31-56(71)46-21-1-6-26-51(46)61-41-67-63(53-28-8-3-23-48(53)58-33-13-18-38-73(58)83)43-69-65(55-30-10-5-25-50(55)60-35-15-20-40-75(60)85)45-70-64(54-29-9-4-24-49(54)59-34-14-19-39-74(59)84)44-68-62(42-66(61)76-77(67)79(69)80(70)78(68)76)52-27-7-2-22-47(52)57-32-12-17-37-72(57)82/h1-45H. The molecule has 0 atom stereocenters. The Hall–Kier alpha value is -8.95. The molecular formula is C80H45Cl5. The van der Waals surface area contributed by atoms with E-state index in [1.807, 2.05) is 60.7 Å². The molecule has 0 aliphatic heterocycles. The van der Waals surface area contributed by atoms with Gasteiger partial charge in [0.15, 0.2) is 0 Å². The molecule has 0 aliphatic carbocycles. The molecule has 16 aromatic rings. The molecular weight excluding hydrogens is 1140 g/mol. The van der Waals surface area contributed by atoms with Gasteiger partial charge in [-0.15, -0.1) is 0 Å². The van der Waals surface area contributed by atoms with Gasteiger partial charge in [-0.1, -0.05) is 270 Å². The van der Waals surface area contributed by atoms with Crippen LogP contribution < -0.4 is 0 Å². The van der Waals surface area contributed by atoms with Gasteiger partial charge in [0.25, 0.3) is 0 Å². The number of halogens is 5. The van der Waals surface area contributed by atoms with Crippen LogP contribution in [-0.2, 0) is 0 Å². The molecule has 0 fully saturated rings. The lowest BCUT2D eigenvalue weighted by atomic mass is 9.82. The van der Waals surface area contributed by atoms with Crippen molar-refractivity contribution in [1.82, 2.24) is 0 Å². The van der Waals surface area contributed by atoms with Crippen LogP contribution in [0.5, 0.6) is 0 Å². The maximum Gasteiger partial charge on any atom is 0.0484 e. The first kappa shape index (κ1) is 51.7. The Morgan fingerprint density at radius 2 is 0.247 bits per heavy atom. The highest BCUT2D eigenvalue weighted by molar-refractivity contribution is 6.50. The van der Waals surface area contributed by atoms with Crippen LogP contribution >= 0.6 is 58.0 Å². The zero-order chi connectivity index (χ0) is 57.0. The number of hydrogen-bond acceptors (Lipinski definition) is 0. The molecule has 0 radical (unpaired) electrons. The van der Waals surface area contributed by atoms with E-state index in [-0.39, 0.29) is 0 Å². The largest absolute Gasteiger partial charge is 0.0837 e. The first-order valence-corrected chi connectivity index (χ1v) is 30.2. The van der Waals surface area contributed by atoms with Crippen LogP contribution in [0.2, 0.25) is 25.1 Å². The third-order valence-corrected chi connectivity index (χ3v) is 19.0. The molecule has 0 amide bonds. The lowest BCUT2D eigenvalue weighted by Gasteiger charge is -2.21. The van der Waals surface area contributed by atoms with Crippen LogP contribution in [0.3, 0.4) is 0 Å². The van der Waals surface area contributed by atoms with Gasteiger partial charge in [-0.05, 0) is 198 Å². The fraction of sp³-hybridized carbons (Fsp3) is 0. The van der Waals surface area contributed by atoms with E-state index in [9.17, 15) is 0 Å². The fourth-order valence-corrected chi connectivity index (χ4v) is 15.0. The van der Waals surface area contributed by atoms with Gasteiger partial charge in [0.1, 0.15) is 0 Å². The van der Waals surface area contributed by atoms with E-state index >= 15 is 0 Å². The fourth-order valence-electron chi connectivity index (χ4n) is 13.8. The zero-order valence-corrected chi connectivity index (χ0v) is 49.2. The van der Waals surface area contributed by atoms with Crippen LogP contribution in [0.4, 0.5) is 0 Å². The predicted octanol–water partition coefficient (Wildman–Crippen LogP) is 25.7. The molecule has 0 bridgehead atoms. The molecule has 16 rings (SSSR count). The summed E-state index contributed by atoms with van der Waals surface area (Å²) in [7, 11) is 0. The Morgan fingerprint density at radius 3 is 0.388 bits per heavy atom. The Morgan fingerprint density at radius 1 is 0.129 bits per heavy atom. The average Bonchev–Trinajstić information content (AvgIpc) is 1.53. The lowest BCUT2D eigenvalue weighted by Crippen LogP contribution is -1.94. The van der Waals surface area contributed by atoms with E-state index in [4.69, 9.17) is 58.0 Å². The molecule has 85 heavy (non-hydrogen) atoms. The quantitative estimate of drug-likeness (QED) is 0.120. The number of hydrogen-bond donors (Lipinski definition) is 0. The molecule has 5 heteroatoms. The predicted molar refractivity (Wildman–Crippen MR) is 367 cm³/mol. The van der Waals surface area contributed by atoms with E-state index in [2.05, 4.69) is 212 Å². The SMILES string of the molecule is Clc1ccccc1-c1ccccc1-c1cc2c(-c3ccccc3-c3ccccc3Cl)cc3c(-c4ccccc4-c4ccccc4Cl)cc4c(-c5ccccc5-c5ccccc5Cl)cc5c(-c6ccccc6-c6ccccc6Cl)cc1c1c5c4c3c21. The van der Waals surface area contributed by atoms with Crippen molar-refractivity contribution in [2.45, 2.75) is 0 Å². The minimum absolute atomic E-state index is 0.684. The monoisotopic (exact) mass is 1180 g/mol. The Balaban J connectivity index is 1.17. The molecule has 0 saturated heterocycles. The molecule has 0 unspecified atom stereocenters. The highest BCUT2D eigenvalue weighted by Crippen LogP contribution is 2.60. The summed E-state index contributed by atoms with van der Waals surface area (Å²) in [6, 6.07) is 96.8. The van der Waals surface area contributed by atoms with Crippen molar-refractivity contribution in [2.24, 2.45) is 0 Å². The molecule has 0 heterocycles. The van der Waals surface area contributed by atoms with Crippen LogP contribution in [0.15, 0.2) is 273 Å². The van der Waals surface area contributed by atoms with Crippen molar-refractivity contribution in [3.63, 3.8) is 0 Å². The van der Waals surface area contributed by atoms with Gasteiger partial charge in [0.05, 0.1) is 0 Å². The molecule has 0 aliphatic rings. The smallest absolute Gasteiger partial charge is 0.0484 e. The van der Waals surface area contributed by atoms with E-state index in [0.29, 0.717) is 25.1 Å². The third-order valence-electron chi connectivity index (χ3n) is 17.4. The first-order chi connectivity index (χ1) is 41.8. The van der Waals surface area contributed by atoms with Crippen LogP contribution in [0.25, 0.3) is 165 Å². The van der Waals surface area contributed by atoms with Crippen molar-refractivity contribution in [1.29, 1.82) is 0 Å². The van der Waals surface area contributed by atoms with E-state index < -0.39 is 0 Å². The summed E-state index contributed by atoms with van der Waals surface area (Å²) in [6.45, 7) is 0. The molecule has 0 spiro atoms. The van der Waals surface area contributed by atoms with Crippen molar-refractivity contribution >= 4 is 112 Å². The summed E-state index contributed by atoms with van der Waals surface area (Å²) in [6.07, 6.45) is 0. The van der Waals surface area contributed by atoms with Gasteiger partial charge in [-0.3, -0.25) is 0 Å². The van der Waals surface area contributed by atoms with Gasteiger partial charge in [0.2, 0.25) is 0 Å². The topological polar surface area (TPSA) is 0 Å². The van der Waals surface area contributed by atoms with Gasteiger partial charge in [-0.25, -0.2) is 0 Å². The number of benzene rings is 15. The van der Waals surface area contributed by atoms with E-state index in [1.54, 1.807) is 0 Å². The summed E-state index contributed by atoms with van der Waals surface area (Å²) in [4.78, 5) is 0. The Bertz CT molecular complexity index is 4530. The summed E-state index contributed by atoms with van der Waals surface area (Å²) in [5, 5.41) is 15.0. The summed E-state index contributed by atoms with van der Waals surface area (Å²) in [5.41, 5.74) is 20.8. The second-order valence-corrected chi connectivity index (χ2v) is 23.9. The second-order valence-electron chi connectivity index (χ2n) is 21.9. The Labute approximate surface area is 517 Å². The highest BCUT2D eigenvalue weighted by atomic mass is 35.5. The van der Waals surface area contributed by atoms with Crippen LogP contribution in [0.1, 0.15) is 0 Å².